The second-order valence-corrected chi connectivity index (χ2v) is 8.33. The Morgan fingerprint density at radius 3 is 2.72 bits per heavy atom. The molecule has 5 rings (SSSR count). The highest BCUT2D eigenvalue weighted by Crippen LogP contribution is 2.55. The van der Waals surface area contributed by atoms with Crippen LogP contribution < -0.4 is 5.32 Å². The Kier molecular flexibility index (Phi) is 4.93. The molecule has 1 fully saturated rings. The van der Waals surface area contributed by atoms with Crippen molar-refractivity contribution < 1.29 is 9.72 Å². The molecule has 2 unspecified atom stereocenters. The summed E-state index contributed by atoms with van der Waals surface area (Å²) in [5, 5.41) is 22.8. The Hall–Kier alpha value is -4.00. The topological polar surface area (TPSA) is 101 Å². The standard InChI is InChI=1S/C25H22N4O3/c1-15-10-23-21(14-22(15)26-24(30)11-16-6-3-2-4-7-16)25(28-27-23)20-13-19(20)17-8-5-9-18(12-17)29(31)32/h2-10,12,14,19-20H,11,13H2,1H3,(H,26,30)(H,27,28). The van der Waals surface area contributed by atoms with E-state index in [1.165, 1.54) is 6.07 Å². The minimum absolute atomic E-state index is 0.0652. The van der Waals surface area contributed by atoms with Gasteiger partial charge in [0.25, 0.3) is 5.69 Å². The Morgan fingerprint density at radius 2 is 1.94 bits per heavy atom. The van der Waals surface area contributed by atoms with Crippen molar-refractivity contribution in [2.24, 2.45) is 0 Å². The van der Waals surface area contributed by atoms with E-state index in [1.54, 1.807) is 12.1 Å². The summed E-state index contributed by atoms with van der Waals surface area (Å²) in [4.78, 5) is 23.3. The molecule has 1 aliphatic carbocycles. The van der Waals surface area contributed by atoms with E-state index in [9.17, 15) is 14.9 Å². The Labute approximate surface area is 184 Å². The van der Waals surface area contributed by atoms with Gasteiger partial charge >= 0.3 is 0 Å². The Balaban J connectivity index is 1.38. The number of aromatic amines is 1. The van der Waals surface area contributed by atoms with Crippen LogP contribution in [-0.4, -0.2) is 21.0 Å². The van der Waals surface area contributed by atoms with Crippen molar-refractivity contribution in [3.8, 4) is 0 Å². The molecule has 7 nitrogen and oxygen atoms in total. The molecule has 1 heterocycles. The molecule has 0 saturated heterocycles. The summed E-state index contributed by atoms with van der Waals surface area (Å²) in [6.07, 6.45) is 1.21. The van der Waals surface area contributed by atoms with Crippen LogP contribution in [0.3, 0.4) is 0 Å². The largest absolute Gasteiger partial charge is 0.326 e. The van der Waals surface area contributed by atoms with Crippen LogP contribution in [0.25, 0.3) is 10.9 Å². The third kappa shape index (κ3) is 3.85. The number of anilines is 1. The van der Waals surface area contributed by atoms with Gasteiger partial charge in [0, 0.05) is 29.1 Å². The molecule has 0 bridgehead atoms. The molecule has 0 aliphatic heterocycles. The van der Waals surface area contributed by atoms with Gasteiger partial charge in [-0.15, -0.1) is 0 Å². The zero-order valence-corrected chi connectivity index (χ0v) is 17.5. The number of nitro groups is 1. The van der Waals surface area contributed by atoms with Crippen molar-refractivity contribution in [1.82, 2.24) is 10.2 Å². The molecule has 2 atom stereocenters. The number of fused-ring (bicyclic) bond motifs is 1. The smallest absolute Gasteiger partial charge is 0.269 e. The van der Waals surface area contributed by atoms with E-state index in [0.717, 1.165) is 45.4 Å². The van der Waals surface area contributed by atoms with Crippen molar-refractivity contribution in [2.45, 2.75) is 31.6 Å². The van der Waals surface area contributed by atoms with E-state index in [0.29, 0.717) is 6.42 Å². The third-order valence-corrected chi connectivity index (χ3v) is 6.07. The molecule has 160 valence electrons. The quantitative estimate of drug-likeness (QED) is 0.325. The molecule has 32 heavy (non-hydrogen) atoms. The normalized spacial score (nSPS) is 17.3. The van der Waals surface area contributed by atoms with E-state index >= 15 is 0 Å². The lowest BCUT2D eigenvalue weighted by atomic mass is 10.0. The predicted molar refractivity (Wildman–Crippen MR) is 123 cm³/mol. The lowest BCUT2D eigenvalue weighted by Gasteiger charge is -2.09. The van der Waals surface area contributed by atoms with Crippen molar-refractivity contribution in [2.75, 3.05) is 5.32 Å². The highest BCUT2D eigenvalue weighted by atomic mass is 16.6. The maximum Gasteiger partial charge on any atom is 0.269 e. The van der Waals surface area contributed by atoms with Gasteiger partial charge in [0.15, 0.2) is 0 Å². The number of hydrogen-bond donors (Lipinski definition) is 2. The first-order chi connectivity index (χ1) is 15.5. The van der Waals surface area contributed by atoms with E-state index < -0.39 is 0 Å². The molecule has 1 aliphatic rings. The monoisotopic (exact) mass is 426 g/mol. The molecule has 7 heteroatoms. The average molecular weight is 426 g/mol. The van der Waals surface area contributed by atoms with Crippen molar-refractivity contribution in [3.63, 3.8) is 0 Å². The number of amides is 1. The number of rotatable bonds is 6. The van der Waals surface area contributed by atoms with Gasteiger partial charge in [-0.2, -0.15) is 5.10 Å². The van der Waals surface area contributed by atoms with Gasteiger partial charge in [-0.25, -0.2) is 0 Å². The fourth-order valence-electron chi connectivity index (χ4n) is 4.32. The fraction of sp³-hybridized carbons (Fsp3) is 0.200. The SMILES string of the molecule is Cc1cc2[nH]nc(C3CC3c3cccc([N+](=O)[O-])c3)c2cc1NC(=O)Cc1ccccc1. The van der Waals surface area contributed by atoms with Gasteiger partial charge in [-0.1, -0.05) is 42.5 Å². The highest BCUT2D eigenvalue weighted by molar-refractivity contribution is 5.96. The third-order valence-electron chi connectivity index (χ3n) is 6.07. The van der Waals surface area contributed by atoms with Crippen LogP contribution >= 0.6 is 0 Å². The highest BCUT2D eigenvalue weighted by Gasteiger charge is 2.42. The average Bonchev–Trinajstić information content (AvgIpc) is 3.48. The van der Waals surface area contributed by atoms with Crippen LogP contribution in [0.15, 0.2) is 66.7 Å². The molecule has 0 spiro atoms. The van der Waals surface area contributed by atoms with Gasteiger partial charge < -0.3 is 5.32 Å². The molecule has 3 aromatic carbocycles. The van der Waals surface area contributed by atoms with Crippen LogP contribution in [0, 0.1) is 17.0 Å². The molecule has 1 aromatic heterocycles. The van der Waals surface area contributed by atoms with Crippen LogP contribution in [0.2, 0.25) is 0 Å². The Bertz CT molecular complexity index is 1330. The van der Waals surface area contributed by atoms with Gasteiger partial charge in [0.05, 0.1) is 22.6 Å². The van der Waals surface area contributed by atoms with Crippen molar-refractivity contribution in [3.05, 3.63) is 99.2 Å². The van der Waals surface area contributed by atoms with E-state index in [1.807, 2.05) is 55.5 Å². The number of aryl methyl sites for hydroxylation is 1. The van der Waals surface area contributed by atoms with Crippen molar-refractivity contribution >= 4 is 28.2 Å². The van der Waals surface area contributed by atoms with Crippen LogP contribution in [-0.2, 0) is 11.2 Å². The first-order valence-electron chi connectivity index (χ1n) is 10.6. The van der Waals surface area contributed by atoms with Crippen LogP contribution in [0.1, 0.15) is 40.6 Å². The first-order valence-corrected chi connectivity index (χ1v) is 10.6. The lowest BCUT2D eigenvalue weighted by Crippen LogP contribution is -2.15. The van der Waals surface area contributed by atoms with Crippen molar-refractivity contribution in [1.29, 1.82) is 0 Å². The maximum atomic E-state index is 12.6. The number of nitrogens with one attached hydrogen (secondary N) is 2. The summed E-state index contributed by atoms with van der Waals surface area (Å²) in [7, 11) is 0. The zero-order valence-electron chi connectivity index (χ0n) is 17.5. The second kappa shape index (κ2) is 7.92. The summed E-state index contributed by atoms with van der Waals surface area (Å²) in [5.41, 5.74) is 5.63. The summed E-state index contributed by atoms with van der Waals surface area (Å²) < 4.78 is 0. The fourth-order valence-corrected chi connectivity index (χ4v) is 4.32. The zero-order chi connectivity index (χ0) is 22.2. The molecule has 4 aromatic rings. The number of nitrogens with zero attached hydrogens (tertiary/aromatic N) is 2. The molecule has 1 saturated carbocycles. The minimum atomic E-state index is -0.363. The predicted octanol–water partition coefficient (Wildman–Crippen LogP) is 5.23. The maximum absolute atomic E-state index is 12.6. The number of non-ortho nitro benzene ring substituents is 1. The minimum Gasteiger partial charge on any atom is -0.326 e. The summed E-state index contributed by atoms with van der Waals surface area (Å²) >= 11 is 0. The Morgan fingerprint density at radius 1 is 1.12 bits per heavy atom. The molecule has 2 N–H and O–H groups in total. The number of hydrogen-bond acceptors (Lipinski definition) is 4. The van der Waals surface area contributed by atoms with E-state index in [4.69, 9.17) is 0 Å². The van der Waals surface area contributed by atoms with Crippen LogP contribution in [0.5, 0.6) is 0 Å². The van der Waals surface area contributed by atoms with Gasteiger partial charge in [-0.3, -0.25) is 20.0 Å². The van der Waals surface area contributed by atoms with Gasteiger partial charge in [-0.05, 0) is 48.1 Å². The van der Waals surface area contributed by atoms with Gasteiger partial charge in [0.2, 0.25) is 5.91 Å². The van der Waals surface area contributed by atoms with Crippen LogP contribution in [0.4, 0.5) is 11.4 Å². The number of benzene rings is 3. The lowest BCUT2D eigenvalue weighted by molar-refractivity contribution is -0.384. The molecular weight excluding hydrogens is 404 g/mol. The number of nitro benzene ring substituents is 1. The molecule has 1 amide bonds. The molecule has 0 radical (unpaired) electrons. The van der Waals surface area contributed by atoms with E-state index in [-0.39, 0.29) is 28.4 Å². The van der Waals surface area contributed by atoms with Gasteiger partial charge in [0.1, 0.15) is 0 Å². The number of H-pyrrole nitrogens is 1. The number of carbonyl (C=O) groups is 1. The first kappa shape index (κ1) is 19.9. The van der Waals surface area contributed by atoms with E-state index in [2.05, 4.69) is 15.5 Å². The summed E-state index contributed by atoms with van der Waals surface area (Å²) in [6.45, 7) is 1.96. The number of aromatic nitrogens is 2. The number of carbonyl (C=O) groups excluding carboxylic acids is 1. The second-order valence-electron chi connectivity index (χ2n) is 8.33. The summed E-state index contributed by atoms with van der Waals surface area (Å²) in [6, 6.07) is 20.5. The molecular formula is C25H22N4O3. The summed E-state index contributed by atoms with van der Waals surface area (Å²) in [5.74, 6) is 0.338.